The Labute approximate surface area is 485 Å². The maximum absolute atomic E-state index is 11.7. The summed E-state index contributed by atoms with van der Waals surface area (Å²) >= 11 is 0. The van der Waals surface area contributed by atoms with Gasteiger partial charge >= 0.3 is 0 Å². The Morgan fingerprint density at radius 1 is 0.345 bits per heavy atom. The van der Waals surface area contributed by atoms with Gasteiger partial charge in [0.05, 0.1) is 13.2 Å². The van der Waals surface area contributed by atoms with Gasteiger partial charge in [0.25, 0.3) is 0 Å². The van der Waals surface area contributed by atoms with Gasteiger partial charge in [-0.1, -0.05) is 158 Å². The fraction of sp³-hybridized carbons (Fsp3) is 0.147. The number of aliphatic hydroxyl groups is 1. The van der Waals surface area contributed by atoms with Gasteiger partial charge in [0.15, 0.2) is 0 Å². The second kappa shape index (κ2) is 21.0. The van der Waals surface area contributed by atoms with E-state index in [1.54, 1.807) is 0 Å². The fourth-order valence-corrected chi connectivity index (χ4v) is 12.4. The van der Waals surface area contributed by atoms with Crippen LogP contribution < -0.4 is 28.4 Å². The van der Waals surface area contributed by atoms with E-state index >= 15 is 0 Å². The summed E-state index contributed by atoms with van der Waals surface area (Å²) in [5, 5.41) is 20.0. The van der Waals surface area contributed by atoms with Crippen LogP contribution in [0.2, 0.25) is 0 Å². The van der Waals surface area contributed by atoms with Crippen LogP contribution in [-0.4, -0.2) is 63.1 Å². The number of hydrogen-bond donors (Lipinski definition) is 1. The van der Waals surface area contributed by atoms with Gasteiger partial charge in [-0.3, -0.25) is 0 Å². The van der Waals surface area contributed by atoms with Gasteiger partial charge in [0, 0.05) is 34.1 Å². The third-order valence-electron chi connectivity index (χ3n) is 16.8. The molecule has 84 heavy (non-hydrogen) atoms. The Morgan fingerprint density at radius 2 is 0.643 bits per heavy atom. The summed E-state index contributed by atoms with van der Waals surface area (Å²) in [5.41, 5.74) is 11.1. The van der Waals surface area contributed by atoms with E-state index in [0.29, 0.717) is 24.7 Å². The Balaban J connectivity index is 0.702. The van der Waals surface area contributed by atoms with Crippen molar-refractivity contribution < 1.29 is 43.0 Å². The molecule has 1 N–H and O–H groups in total. The van der Waals surface area contributed by atoms with E-state index in [9.17, 15) is 5.11 Å². The van der Waals surface area contributed by atoms with Crippen LogP contribution in [0.4, 0.5) is 0 Å². The smallest absolute Gasteiger partial charge is 0.132 e. The summed E-state index contributed by atoms with van der Waals surface area (Å²) in [7, 11) is 0. The van der Waals surface area contributed by atoms with Gasteiger partial charge in [0.1, 0.15) is 90.7 Å². The Hall–Kier alpha value is -9.64. The monoisotopic (exact) mass is 1100 g/mol. The van der Waals surface area contributed by atoms with Crippen molar-refractivity contribution in [1.29, 1.82) is 0 Å². The Bertz CT molecular complexity index is 4190. The van der Waals surface area contributed by atoms with Crippen molar-refractivity contribution in [3.63, 3.8) is 0 Å². The van der Waals surface area contributed by atoms with Crippen molar-refractivity contribution in [3.05, 3.63) is 264 Å². The molecule has 9 heteroatoms. The van der Waals surface area contributed by atoms with E-state index < -0.39 is 6.10 Å². The summed E-state index contributed by atoms with van der Waals surface area (Å²) in [5.74, 6) is 5.57. The standard InChI is InChI=1S/C75H56O9/c76-55(39-77-56-27-19-49-23-31-66-72(62(49)35-56)70(53-15-11-47(12-16-53)45-7-3-1-4-8-45)74-64-37-58(79-41-60-43-81-60)29-21-51(64)25-33-68(74)83-66)40-78-57-28-20-50-24-32-67-73(63(50)36-57)71(54-17-13-48(14-18-54)46-9-5-2-6-10-46)75-65-38-59(80-42-61-44-82-61)30-22-52(65)26-34-69(75)84-67/h1-38,55,60-61,70-71,76H,39-44H2. The predicted octanol–water partition coefficient (Wildman–Crippen LogP) is 16.6. The van der Waals surface area contributed by atoms with Crippen molar-refractivity contribution >= 4 is 43.1 Å². The van der Waals surface area contributed by atoms with Gasteiger partial charge in [0.2, 0.25) is 0 Å². The van der Waals surface area contributed by atoms with Crippen LogP contribution in [0, 0.1) is 0 Å². The van der Waals surface area contributed by atoms with Crippen molar-refractivity contribution in [1.82, 2.24) is 0 Å². The molecular weight excluding hydrogens is 1040 g/mol. The average Bonchev–Trinajstić information content (AvgIpc) is 1.09. The molecule has 16 rings (SSSR count). The normalized spacial score (nSPS) is 17.5. The molecule has 2 saturated heterocycles. The highest BCUT2D eigenvalue weighted by Crippen LogP contribution is 2.55. The molecule has 0 aliphatic carbocycles. The van der Waals surface area contributed by atoms with E-state index in [0.717, 1.165) is 146 Å². The van der Waals surface area contributed by atoms with Crippen LogP contribution in [0.25, 0.3) is 65.3 Å². The highest BCUT2D eigenvalue weighted by atomic mass is 16.6. The molecule has 0 bridgehead atoms. The zero-order chi connectivity index (χ0) is 55.7. The highest BCUT2D eigenvalue weighted by Gasteiger charge is 2.35. The number of aliphatic hydroxyl groups excluding tert-OH is 1. The van der Waals surface area contributed by atoms with E-state index in [2.05, 4.69) is 194 Å². The minimum atomic E-state index is -0.952. The molecule has 12 aromatic rings. The lowest BCUT2D eigenvalue weighted by atomic mass is 9.78. The average molecular weight is 1100 g/mol. The van der Waals surface area contributed by atoms with Crippen LogP contribution in [-0.2, 0) is 9.47 Å². The highest BCUT2D eigenvalue weighted by molar-refractivity contribution is 5.98. The van der Waals surface area contributed by atoms with Crippen LogP contribution in [0.5, 0.6) is 46.0 Å². The molecule has 0 amide bonds. The summed E-state index contributed by atoms with van der Waals surface area (Å²) < 4.78 is 50.2. The Kier molecular flexibility index (Phi) is 12.5. The second-order valence-corrected chi connectivity index (χ2v) is 22.3. The van der Waals surface area contributed by atoms with Crippen molar-refractivity contribution in [2.24, 2.45) is 0 Å². The third kappa shape index (κ3) is 9.56. The largest absolute Gasteiger partial charge is 0.491 e. The third-order valence-corrected chi connectivity index (χ3v) is 16.8. The first-order valence-corrected chi connectivity index (χ1v) is 28.8. The van der Waals surface area contributed by atoms with E-state index in [4.69, 9.17) is 37.9 Å². The second-order valence-electron chi connectivity index (χ2n) is 22.3. The molecule has 0 aromatic heterocycles. The quantitative estimate of drug-likeness (QED) is 0.0948. The molecule has 12 aromatic carbocycles. The number of fused-ring (bicyclic) bond motifs is 12. The number of epoxide rings is 2. The molecule has 0 spiro atoms. The molecule has 4 atom stereocenters. The first kappa shape index (κ1) is 50.1. The molecule has 9 nitrogen and oxygen atoms in total. The molecule has 4 heterocycles. The van der Waals surface area contributed by atoms with Crippen LogP contribution in [0.1, 0.15) is 45.2 Å². The summed E-state index contributed by atoms with van der Waals surface area (Å²) in [6, 6.07) is 80.3. The molecule has 4 unspecified atom stereocenters. The number of benzene rings is 12. The summed E-state index contributed by atoms with van der Waals surface area (Å²) in [4.78, 5) is 0. The number of hydrogen-bond acceptors (Lipinski definition) is 9. The lowest BCUT2D eigenvalue weighted by Gasteiger charge is -2.31. The SMILES string of the molecule is OC(COc1ccc2ccc3c(c2c1)C(c1ccc(-c2ccccc2)cc1)c1c(ccc2ccc(OCC4CO4)cc12)O3)COc1ccc2ccc3c(c2c1)C(c1ccc(-c2ccccc2)cc1)c1c(ccc2ccc(OCC4CO4)cc12)O3. The lowest BCUT2D eigenvalue weighted by Crippen LogP contribution is -2.25. The van der Waals surface area contributed by atoms with E-state index in [1.165, 1.54) is 0 Å². The maximum atomic E-state index is 11.7. The summed E-state index contributed by atoms with van der Waals surface area (Å²) in [6.07, 6.45) is -0.686. The van der Waals surface area contributed by atoms with Gasteiger partial charge in [-0.05, 0) is 149 Å². The van der Waals surface area contributed by atoms with Crippen LogP contribution >= 0.6 is 0 Å². The molecule has 410 valence electrons. The van der Waals surface area contributed by atoms with Gasteiger partial charge < -0.3 is 43.0 Å². The predicted molar refractivity (Wildman–Crippen MR) is 329 cm³/mol. The lowest BCUT2D eigenvalue weighted by molar-refractivity contribution is 0.0627. The first-order valence-electron chi connectivity index (χ1n) is 28.8. The van der Waals surface area contributed by atoms with Crippen molar-refractivity contribution in [3.8, 4) is 68.2 Å². The minimum Gasteiger partial charge on any atom is -0.491 e. The molecular formula is C75H56O9. The topological polar surface area (TPSA) is 101 Å². The molecule has 4 aliphatic rings. The number of ether oxygens (including phenoxy) is 8. The van der Waals surface area contributed by atoms with E-state index in [1.807, 2.05) is 36.4 Å². The zero-order valence-electron chi connectivity index (χ0n) is 45.8. The minimum absolute atomic E-state index is 0.00463. The van der Waals surface area contributed by atoms with Gasteiger partial charge in [-0.2, -0.15) is 0 Å². The zero-order valence-corrected chi connectivity index (χ0v) is 45.8. The molecule has 0 radical (unpaired) electrons. The molecule has 2 fully saturated rings. The summed E-state index contributed by atoms with van der Waals surface area (Å²) in [6.45, 7) is 2.48. The van der Waals surface area contributed by atoms with E-state index in [-0.39, 0.29) is 37.3 Å². The van der Waals surface area contributed by atoms with Gasteiger partial charge in [-0.25, -0.2) is 0 Å². The first-order chi connectivity index (χ1) is 41.5. The van der Waals surface area contributed by atoms with Crippen LogP contribution in [0.15, 0.2) is 231 Å². The Morgan fingerprint density at radius 3 is 0.964 bits per heavy atom. The van der Waals surface area contributed by atoms with Gasteiger partial charge in [-0.15, -0.1) is 0 Å². The van der Waals surface area contributed by atoms with Crippen LogP contribution in [0.3, 0.4) is 0 Å². The van der Waals surface area contributed by atoms with Crippen molar-refractivity contribution in [2.75, 3.05) is 39.6 Å². The fourth-order valence-electron chi connectivity index (χ4n) is 12.4. The molecule has 4 aliphatic heterocycles. The van der Waals surface area contributed by atoms with Crippen molar-refractivity contribution in [2.45, 2.75) is 30.1 Å². The number of rotatable bonds is 16. The maximum Gasteiger partial charge on any atom is 0.132 e. The molecule has 0 saturated carbocycles.